The zero-order valence-electron chi connectivity index (χ0n) is 15.7. The zero-order valence-corrected chi connectivity index (χ0v) is 17.3. The Morgan fingerprint density at radius 2 is 1.61 bits per heavy atom. The van der Waals surface area contributed by atoms with Crippen molar-refractivity contribution in [1.82, 2.24) is 0 Å². The third-order valence-corrected chi connectivity index (χ3v) is 7.64. The Balaban J connectivity index is 1.83. The first kappa shape index (κ1) is 20.2. The van der Waals surface area contributed by atoms with E-state index in [1.165, 1.54) is 24.3 Å². The normalized spacial score (nSPS) is 18.9. The molecular weight excluding hydrogens is 402 g/mol. The van der Waals surface area contributed by atoms with Crippen LogP contribution in [0.25, 0.3) is 0 Å². The predicted molar refractivity (Wildman–Crippen MR) is 108 cm³/mol. The average Bonchev–Trinajstić information content (AvgIpc) is 2.82. The Labute approximate surface area is 164 Å². The molecule has 1 N–H and O–H groups in total. The molecular formula is C18H21N3O5S2. The number of benzene rings is 2. The van der Waals surface area contributed by atoms with E-state index in [4.69, 9.17) is 0 Å². The third-order valence-electron chi connectivity index (χ3n) is 4.38. The largest absolute Gasteiger partial charge is 0.378 e. The minimum absolute atomic E-state index is 0.0370. The monoisotopic (exact) mass is 423 g/mol. The fraction of sp³-hybridized carbons (Fsp3) is 0.278. The van der Waals surface area contributed by atoms with Gasteiger partial charge in [-0.3, -0.25) is 9.52 Å². The molecule has 8 nitrogen and oxygen atoms in total. The molecule has 0 aromatic heterocycles. The van der Waals surface area contributed by atoms with Crippen LogP contribution >= 0.6 is 0 Å². The maximum absolute atomic E-state index is 12.6. The van der Waals surface area contributed by atoms with Crippen molar-refractivity contribution in [3.05, 3.63) is 48.5 Å². The topological polar surface area (TPSA) is 104 Å². The molecule has 1 fully saturated rings. The van der Waals surface area contributed by atoms with Gasteiger partial charge in [-0.1, -0.05) is 6.92 Å². The van der Waals surface area contributed by atoms with E-state index in [1.54, 1.807) is 31.2 Å². The van der Waals surface area contributed by atoms with Gasteiger partial charge in [-0.25, -0.2) is 21.1 Å². The second kappa shape index (κ2) is 7.10. The van der Waals surface area contributed by atoms with E-state index < -0.39 is 31.9 Å². The number of nitrogens with one attached hydrogen (secondary N) is 1. The summed E-state index contributed by atoms with van der Waals surface area (Å²) in [6.45, 7) is 1.55. The molecule has 0 aliphatic carbocycles. The summed E-state index contributed by atoms with van der Waals surface area (Å²) in [6, 6.07) is 12.1. The Bertz CT molecular complexity index is 1090. The van der Waals surface area contributed by atoms with Gasteiger partial charge in [-0.2, -0.15) is 0 Å². The summed E-state index contributed by atoms with van der Waals surface area (Å²) in [5.74, 6) is -1.40. The van der Waals surface area contributed by atoms with Crippen molar-refractivity contribution < 1.29 is 21.6 Å². The minimum atomic E-state index is -3.86. The summed E-state index contributed by atoms with van der Waals surface area (Å²) in [5.41, 5.74) is 1.46. The molecule has 1 aliphatic rings. The number of hydrogen-bond donors (Lipinski definition) is 1. The van der Waals surface area contributed by atoms with Crippen molar-refractivity contribution >= 4 is 43.0 Å². The van der Waals surface area contributed by atoms with Crippen molar-refractivity contribution in [3.8, 4) is 0 Å². The molecule has 3 rings (SSSR count). The standard InChI is InChI=1S/C18H21N3O5S2/c1-13-12-27(23,24)21(18(13)22)16-8-10-17(11-9-16)28(25,26)19-14-4-6-15(7-5-14)20(2)3/h4-11,13,19H,12H2,1-3H3/t13-/m0/s1. The van der Waals surface area contributed by atoms with Gasteiger partial charge in [0.05, 0.1) is 22.3 Å². The maximum Gasteiger partial charge on any atom is 0.261 e. The molecule has 0 spiro atoms. The third kappa shape index (κ3) is 3.83. The number of anilines is 3. The first-order chi connectivity index (χ1) is 13.0. The van der Waals surface area contributed by atoms with Crippen molar-refractivity contribution in [2.45, 2.75) is 11.8 Å². The summed E-state index contributed by atoms with van der Waals surface area (Å²) in [6.07, 6.45) is 0. The van der Waals surface area contributed by atoms with Gasteiger partial charge in [-0.05, 0) is 48.5 Å². The second-order valence-corrected chi connectivity index (χ2v) is 10.4. The van der Waals surface area contributed by atoms with Crippen LogP contribution in [0.5, 0.6) is 0 Å². The Morgan fingerprint density at radius 1 is 1.04 bits per heavy atom. The zero-order chi connectivity index (χ0) is 20.7. The molecule has 1 saturated heterocycles. The van der Waals surface area contributed by atoms with Gasteiger partial charge < -0.3 is 4.90 Å². The summed E-state index contributed by atoms with van der Waals surface area (Å²) in [4.78, 5) is 14.0. The number of sulfonamides is 2. The Kier molecular flexibility index (Phi) is 5.11. The van der Waals surface area contributed by atoms with Gasteiger partial charge >= 0.3 is 0 Å². The lowest BCUT2D eigenvalue weighted by Crippen LogP contribution is -2.30. The number of rotatable bonds is 5. The molecule has 0 unspecified atom stereocenters. The van der Waals surface area contributed by atoms with E-state index in [2.05, 4.69) is 4.72 Å². The molecule has 1 aliphatic heterocycles. The van der Waals surface area contributed by atoms with Crippen LogP contribution in [-0.2, 0) is 24.8 Å². The quantitative estimate of drug-likeness (QED) is 0.787. The fourth-order valence-corrected chi connectivity index (χ4v) is 5.77. The van der Waals surface area contributed by atoms with Crippen LogP contribution in [0.2, 0.25) is 0 Å². The number of nitrogens with zero attached hydrogens (tertiary/aromatic N) is 2. The van der Waals surface area contributed by atoms with Crippen LogP contribution in [0.3, 0.4) is 0 Å². The molecule has 28 heavy (non-hydrogen) atoms. The second-order valence-electron chi connectivity index (χ2n) is 6.82. The van der Waals surface area contributed by atoms with Crippen LogP contribution < -0.4 is 13.9 Å². The van der Waals surface area contributed by atoms with Crippen LogP contribution in [-0.4, -0.2) is 42.6 Å². The van der Waals surface area contributed by atoms with Gasteiger partial charge in [0.25, 0.3) is 10.0 Å². The number of carbonyl (C=O) groups is 1. The molecule has 2 aromatic rings. The number of carbonyl (C=O) groups excluding carboxylic acids is 1. The van der Waals surface area contributed by atoms with Crippen LogP contribution in [0.1, 0.15) is 6.92 Å². The summed E-state index contributed by atoms with van der Waals surface area (Å²) < 4.78 is 52.7. The minimum Gasteiger partial charge on any atom is -0.378 e. The summed E-state index contributed by atoms with van der Waals surface area (Å²) >= 11 is 0. The van der Waals surface area contributed by atoms with E-state index >= 15 is 0 Å². The highest BCUT2D eigenvalue weighted by atomic mass is 32.2. The first-order valence-electron chi connectivity index (χ1n) is 8.48. The van der Waals surface area contributed by atoms with E-state index in [0.717, 1.165) is 9.99 Å². The van der Waals surface area contributed by atoms with E-state index in [-0.39, 0.29) is 16.3 Å². The Morgan fingerprint density at radius 3 is 2.07 bits per heavy atom. The predicted octanol–water partition coefficient (Wildman–Crippen LogP) is 1.87. The molecule has 1 heterocycles. The highest BCUT2D eigenvalue weighted by molar-refractivity contribution is 7.94. The lowest BCUT2D eigenvalue weighted by Gasteiger charge is -2.16. The number of hydrogen-bond acceptors (Lipinski definition) is 6. The summed E-state index contributed by atoms with van der Waals surface area (Å²) in [7, 11) is -3.82. The van der Waals surface area contributed by atoms with E-state index in [1.807, 2.05) is 19.0 Å². The lowest BCUT2D eigenvalue weighted by atomic mass is 10.2. The van der Waals surface area contributed by atoms with Crippen molar-refractivity contribution in [3.63, 3.8) is 0 Å². The van der Waals surface area contributed by atoms with Gasteiger partial charge in [0.1, 0.15) is 0 Å². The molecule has 10 heteroatoms. The summed E-state index contributed by atoms with van der Waals surface area (Å²) in [5, 5.41) is 0. The molecule has 1 amide bonds. The molecule has 0 bridgehead atoms. The number of amides is 1. The van der Waals surface area contributed by atoms with Crippen LogP contribution in [0.4, 0.5) is 17.1 Å². The van der Waals surface area contributed by atoms with Crippen LogP contribution in [0, 0.1) is 5.92 Å². The van der Waals surface area contributed by atoms with E-state index in [0.29, 0.717) is 5.69 Å². The smallest absolute Gasteiger partial charge is 0.261 e. The first-order valence-corrected chi connectivity index (χ1v) is 11.6. The molecule has 1 atom stereocenters. The fourth-order valence-electron chi connectivity index (χ4n) is 2.89. The van der Waals surface area contributed by atoms with Gasteiger partial charge in [0.2, 0.25) is 15.9 Å². The highest BCUT2D eigenvalue weighted by Crippen LogP contribution is 2.29. The van der Waals surface area contributed by atoms with Gasteiger partial charge in [0.15, 0.2) is 0 Å². The molecule has 0 radical (unpaired) electrons. The molecule has 150 valence electrons. The molecule has 2 aromatic carbocycles. The van der Waals surface area contributed by atoms with Crippen LogP contribution in [0.15, 0.2) is 53.4 Å². The average molecular weight is 424 g/mol. The Hall–Kier alpha value is -2.59. The molecule has 0 saturated carbocycles. The maximum atomic E-state index is 12.6. The lowest BCUT2D eigenvalue weighted by molar-refractivity contribution is -0.119. The van der Waals surface area contributed by atoms with E-state index in [9.17, 15) is 21.6 Å². The SMILES string of the molecule is C[C@H]1CS(=O)(=O)N(c2ccc(S(=O)(=O)Nc3ccc(N(C)C)cc3)cc2)C1=O. The van der Waals surface area contributed by atoms with Gasteiger partial charge in [0, 0.05) is 25.5 Å². The van der Waals surface area contributed by atoms with Gasteiger partial charge in [-0.15, -0.1) is 0 Å². The van der Waals surface area contributed by atoms with Crippen molar-refractivity contribution in [1.29, 1.82) is 0 Å². The van der Waals surface area contributed by atoms with Crippen molar-refractivity contribution in [2.24, 2.45) is 5.92 Å². The van der Waals surface area contributed by atoms with Crippen molar-refractivity contribution in [2.75, 3.05) is 33.8 Å². The highest BCUT2D eigenvalue weighted by Gasteiger charge is 2.41.